The van der Waals surface area contributed by atoms with E-state index in [1.54, 1.807) is 20.2 Å². The summed E-state index contributed by atoms with van der Waals surface area (Å²) in [7, 11) is 3.39. The molecule has 0 unspecified atom stereocenters. The van der Waals surface area contributed by atoms with Gasteiger partial charge in [-0.15, -0.1) is 0 Å². The van der Waals surface area contributed by atoms with E-state index >= 15 is 0 Å². The average Bonchev–Trinajstić information content (AvgIpc) is 2.57. The quantitative estimate of drug-likeness (QED) is 0.773. The summed E-state index contributed by atoms with van der Waals surface area (Å²) >= 11 is 0. The first kappa shape index (κ1) is 10.5. The maximum absolute atomic E-state index is 5.85. The standard InChI is InChI=1S/C11H14N4O/c1-7-10(14-15(2)13-7)8-5-4-6-9(12)11(8)16-3/h4-6H,12H2,1-3H3. The highest BCUT2D eigenvalue weighted by Crippen LogP contribution is 2.34. The maximum Gasteiger partial charge on any atom is 0.151 e. The normalized spacial score (nSPS) is 10.4. The Hall–Kier alpha value is -2.04. The molecule has 84 valence electrons. The Labute approximate surface area is 93.8 Å². The zero-order chi connectivity index (χ0) is 11.7. The van der Waals surface area contributed by atoms with Crippen molar-refractivity contribution in [3.05, 3.63) is 23.9 Å². The van der Waals surface area contributed by atoms with Gasteiger partial charge in [-0.1, -0.05) is 6.07 Å². The number of nitrogens with two attached hydrogens (primary N) is 1. The van der Waals surface area contributed by atoms with Crippen LogP contribution < -0.4 is 10.5 Å². The van der Waals surface area contributed by atoms with E-state index in [9.17, 15) is 0 Å². The SMILES string of the molecule is COc1c(N)cccc1-c1nn(C)nc1C. The monoisotopic (exact) mass is 218 g/mol. The number of anilines is 1. The van der Waals surface area contributed by atoms with E-state index in [0.29, 0.717) is 11.4 Å². The predicted molar refractivity (Wildman–Crippen MR) is 62.1 cm³/mol. The van der Waals surface area contributed by atoms with Crippen LogP contribution in [0.2, 0.25) is 0 Å². The maximum atomic E-state index is 5.85. The number of nitrogen functional groups attached to an aromatic ring is 1. The van der Waals surface area contributed by atoms with Crippen LogP contribution in [-0.2, 0) is 7.05 Å². The molecule has 0 amide bonds. The Kier molecular flexibility index (Phi) is 2.52. The Morgan fingerprint density at radius 3 is 2.62 bits per heavy atom. The lowest BCUT2D eigenvalue weighted by Gasteiger charge is -2.08. The van der Waals surface area contributed by atoms with Crippen molar-refractivity contribution in [1.82, 2.24) is 15.0 Å². The number of rotatable bonds is 2. The minimum Gasteiger partial charge on any atom is -0.494 e. The molecule has 2 rings (SSSR count). The van der Waals surface area contributed by atoms with E-state index in [-0.39, 0.29) is 0 Å². The Balaban J connectivity index is 2.64. The third-order valence-corrected chi connectivity index (χ3v) is 2.39. The van der Waals surface area contributed by atoms with Crippen molar-refractivity contribution in [1.29, 1.82) is 0 Å². The lowest BCUT2D eigenvalue weighted by molar-refractivity contribution is 0.418. The molecule has 0 radical (unpaired) electrons. The van der Waals surface area contributed by atoms with Crippen LogP contribution in [0.4, 0.5) is 5.69 Å². The van der Waals surface area contributed by atoms with Gasteiger partial charge in [0.25, 0.3) is 0 Å². The number of ether oxygens (including phenoxy) is 1. The third-order valence-electron chi connectivity index (χ3n) is 2.39. The van der Waals surface area contributed by atoms with E-state index in [2.05, 4.69) is 10.2 Å². The largest absolute Gasteiger partial charge is 0.494 e. The Bertz CT molecular complexity index is 519. The molecule has 16 heavy (non-hydrogen) atoms. The highest BCUT2D eigenvalue weighted by molar-refractivity contribution is 5.75. The average molecular weight is 218 g/mol. The van der Waals surface area contributed by atoms with Crippen LogP contribution in [0.5, 0.6) is 5.75 Å². The zero-order valence-corrected chi connectivity index (χ0v) is 9.56. The number of hydrogen-bond donors (Lipinski definition) is 1. The molecule has 0 aliphatic heterocycles. The number of nitrogens with zero attached hydrogens (tertiary/aromatic N) is 3. The molecule has 0 aliphatic carbocycles. The van der Waals surface area contributed by atoms with Gasteiger partial charge in [0.1, 0.15) is 5.69 Å². The lowest BCUT2D eigenvalue weighted by atomic mass is 10.1. The molecular formula is C11H14N4O. The van der Waals surface area contributed by atoms with Gasteiger partial charge in [0.05, 0.1) is 18.5 Å². The van der Waals surface area contributed by atoms with Crippen molar-refractivity contribution in [3.63, 3.8) is 0 Å². The number of para-hydroxylation sites is 1. The minimum atomic E-state index is 0.602. The van der Waals surface area contributed by atoms with Crippen LogP contribution in [-0.4, -0.2) is 22.1 Å². The van der Waals surface area contributed by atoms with Gasteiger partial charge in [-0.25, -0.2) is 0 Å². The molecule has 0 aliphatic rings. The van der Waals surface area contributed by atoms with Gasteiger partial charge in [-0.3, -0.25) is 0 Å². The van der Waals surface area contributed by atoms with Crippen LogP contribution in [0.1, 0.15) is 5.69 Å². The summed E-state index contributed by atoms with van der Waals surface area (Å²) in [5, 5.41) is 8.50. The summed E-state index contributed by atoms with van der Waals surface area (Å²) in [5.74, 6) is 0.645. The summed E-state index contributed by atoms with van der Waals surface area (Å²) < 4.78 is 5.29. The van der Waals surface area contributed by atoms with Gasteiger partial charge in [-0.05, 0) is 19.1 Å². The Morgan fingerprint density at radius 2 is 2.06 bits per heavy atom. The Morgan fingerprint density at radius 1 is 1.31 bits per heavy atom. The van der Waals surface area contributed by atoms with Crippen molar-refractivity contribution >= 4 is 5.69 Å². The van der Waals surface area contributed by atoms with Crippen LogP contribution in [0, 0.1) is 6.92 Å². The number of aryl methyl sites for hydroxylation is 2. The third kappa shape index (κ3) is 1.60. The van der Waals surface area contributed by atoms with Gasteiger partial charge in [0, 0.05) is 12.6 Å². The molecule has 5 nitrogen and oxygen atoms in total. The summed E-state index contributed by atoms with van der Waals surface area (Å²) in [6, 6.07) is 5.60. The fraction of sp³-hybridized carbons (Fsp3) is 0.273. The van der Waals surface area contributed by atoms with E-state index in [1.165, 1.54) is 4.80 Å². The number of benzene rings is 1. The van der Waals surface area contributed by atoms with E-state index < -0.39 is 0 Å². The molecule has 1 aromatic carbocycles. The molecule has 0 atom stereocenters. The zero-order valence-electron chi connectivity index (χ0n) is 9.56. The number of aromatic nitrogens is 3. The molecule has 0 spiro atoms. The second kappa shape index (κ2) is 3.84. The van der Waals surface area contributed by atoms with E-state index in [0.717, 1.165) is 17.0 Å². The second-order valence-corrected chi connectivity index (χ2v) is 3.55. The minimum absolute atomic E-state index is 0.602. The highest BCUT2D eigenvalue weighted by atomic mass is 16.5. The molecule has 2 aromatic rings. The van der Waals surface area contributed by atoms with Gasteiger partial charge < -0.3 is 10.5 Å². The van der Waals surface area contributed by atoms with E-state index in [1.807, 2.05) is 19.1 Å². The van der Waals surface area contributed by atoms with Crippen molar-refractivity contribution in [2.24, 2.45) is 7.05 Å². The first-order chi connectivity index (χ1) is 7.63. The van der Waals surface area contributed by atoms with E-state index in [4.69, 9.17) is 10.5 Å². The second-order valence-electron chi connectivity index (χ2n) is 3.55. The summed E-state index contributed by atoms with van der Waals surface area (Å²) in [6.07, 6.45) is 0. The van der Waals surface area contributed by atoms with Crippen LogP contribution in [0.15, 0.2) is 18.2 Å². The van der Waals surface area contributed by atoms with Crippen molar-refractivity contribution in [3.8, 4) is 17.0 Å². The molecule has 0 saturated heterocycles. The van der Waals surface area contributed by atoms with Crippen LogP contribution >= 0.6 is 0 Å². The molecular weight excluding hydrogens is 204 g/mol. The van der Waals surface area contributed by atoms with Gasteiger partial charge in [0.15, 0.2) is 5.75 Å². The molecule has 0 bridgehead atoms. The lowest BCUT2D eigenvalue weighted by Crippen LogP contribution is -1.96. The molecule has 1 aromatic heterocycles. The first-order valence-corrected chi connectivity index (χ1v) is 4.94. The topological polar surface area (TPSA) is 66.0 Å². The van der Waals surface area contributed by atoms with Crippen molar-refractivity contribution in [2.75, 3.05) is 12.8 Å². The molecule has 5 heteroatoms. The van der Waals surface area contributed by atoms with Crippen LogP contribution in [0.25, 0.3) is 11.3 Å². The summed E-state index contributed by atoms with van der Waals surface area (Å²) in [6.45, 7) is 1.91. The molecule has 0 saturated carbocycles. The highest BCUT2D eigenvalue weighted by Gasteiger charge is 2.14. The fourth-order valence-electron chi connectivity index (χ4n) is 1.72. The smallest absolute Gasteiger partial charge is 0.151 e. The van der Waals surface area contributed by atoms with Gasteiger partial charge in [0.2, 0.25) is 0 Å². The number of hydrogen-bond acceptors (Lipinski definition) is 4. The first-order valence-electron chi connectivity index (χ1n) is 4.94. The van der Waals surface area contributed by atoms with Crippen LogP contribution in [0.3, 0.4) is 0 Å². The fourth-order valence-corrected chi connectivity index (χ4v) is 1.72. The number of methoxy groups -OCH3 is 1. The molecule has 1 heterocycles. The van der Waals surface area contributed by atoms with Crippen molar-refractivity contribution in [2.45, 2.75) is 6.92 Å². The van der Waals surface area contributed by atoms with Gasteiger partial charge >= 0.3 is 0 Å². The summed E-state index contributed by atoms with van der Waals surface area (Å²) in [5.41, 5.74) is 8.97. The molecule has 2 N–H and O–H groups in total. The van der Waals surface area contributed by atoms with Gasteiger partial charge in [-0.2, -0.15) is 15.0 Å². The summed E-state index contributed by atoms with van der Waals surface area (Å²) in [4.78, 5) is 1.54. The van der Waals surface area contributed by atoms with Crippen molar-refractivity contribution < 1.29 is 4.74 Å². The molecule has 0 fully saturated rings. The predicted octanol–water partition coefficient (Wildman–Crippen LogP) is 1.38.